The first-order valence-corrected chi connectivity index (χ1v) is 5.52. The molecule has 1 aromatic rings. The van der Waals surface area contributed by atoms with E-state index in [0.717, 1.165) is 4.47 Å². The normalized spacial score (nSPS) is 12.2. The van der Waals surface area contributed by atoms with Crippen molar-refractivity contribution in [3.63, 3.8) is 0 Å². The molecular weight excluding hydrogens is 276 g/mol. The molecule has 1 rings (SSSR count). The lowest BCUT2D eigenvalue weighted by atomic mass is 10.2. The Morgan fingerprint density at radius 1 is 1.56 bits per heavy atom. The van der Waals surface area contributed by atoms with Crippen LogP contribution in [0.5, 0.6) is 5.75 Å². The van der Waals surface area contributed by atoms with Gasteiger partial charge in [-0.25, -0.2) is 4.79 Å². The zero-order valence-electron chi connectivity index (χ0n) is 9.07. The van der Waals surface area contributed by atoms with Crippen LogP contribution in [0.1, 0.15) is 17.3 Å². The van der Waals surface area contributed by atoms with Crippen molar-refractivity contribution < 1.29 is 19.4 Å². The van der Waals surface area contributed by atoms with Gasteiger partial charge in [-0.2, -0.15) is 0 Å². The van der Waals surface area contributed by atoms with Gasteiger partial charge in [-0.15, -0.1) is 0 Å². The van der Waals surface area contributed by atoms with Crippen LogP contribution in [0.4, 0.5) is 0 Å². The molecule has 0 radical (unpaired) electrons. The van der Waals surface area contributed by atoms with Crippen molar-refractivity contribution in [2.75, 3.05) is 13.7 Å². The highest BCUT2D eigenvalue weighted by molar-refractivity contribution is 9.10. The maximum absolute atomic E-state index is 10.8. The lowest BCUT2D eigenvalue weighted by Crippen LogP contribution is -2.18. The molecule has 88 valence electrons. The lowest BCUT2D eigenvalue weighted by molar-refractivity contribution is 0.0694. The minimum absolute atomic E-state index is 0.134. The Morgan fingerprint density at radius 2 is 2.25 bits per heavy atom. The molecule has 0 saturated heterocycles. The molecule has 0 spiro atoms. The van der Waals surface area contributed by atoms with Gasteiger partial charge in [0.05, 0.1) is 16.6 Å². The second kappa shape index (κ2) is 5.86. The van der Waals surface area contributed by atoms with E-state index in [1.807, 2.05) is 6.92 Å². The predicted molar refractivity (Wildman–Crippen MR) is 63.1 cm³/mol. The third kappa shape index (κ3) is 3.50. The quantitative estimate of drug-likeness (QED) is 0.905. The van der Waals surface area contributed by atoms with Crippen molar-refractivity contribution >= 4 is 21.9 Å². The maximum atomic E-state index is 10.8. The molecular formula is C11H13BrO4. The van der Waals surface area contributed by atoms with Crippen LogP contribution in [0.25, 0.3) is 0 Å². The Morgan fingerprint density at radius 3 is 2.81 bits per heavy atom. The van der Waals surface area contributed by atoms with Crippen LogP contribution >= 0.6 is 15.9 Å². The smallest absolute Gasteiger partial charge is 0.335 e. The molecule has 0 bridgehead atoms. The van der Waals surface area contributed by atoms with Gasteiger partial charge in [-0.05, 0) is 41.1 Å². The minimum Gasteiger partial charge on any atom is -0.487 e. The number of aromatic carboxylic acids is 1. The van der Waals surface area contributed by atoms with Gasteiger partial charge in [-0.1, -0.05) is 0 Å². The number of methoxy groups -OCH3 is 1. The standard InChI is InChI=1S/C11H13BrO4/c1-7(6-15-2)16-10-5-8(11(13)14)3-4-9(10)12/h3-5,7H,6H2,1-2H3,(H,13,14). The van der Waals surface area contributed by atoms with E-state index in [-0.39, 0.29) is 11.7 Å². The van der Waals surface area contributed by atoms with Crippen molar-refractivity contribution in [3.8, 4) is 5.75 Å². The van der Waals surface area contributed by atoms with Gasteiger partial charge in [0, 0.05) is 7.11 Å². The highest BCUT2D eigenvalue weighted by Crippen LogP contribution is 2.27. The summed E-state index contributed by atoms with van der Waals surface area (Å²) < 4.78 is 11.2. The number of carboxylic acids is 1. The molecule has 1 atom stereocenters. The van der Waals surface area contributed by atoms with Gasteiger partial charge < -0.3 is 14.6 Å². The molecule has 0 aliphatic heterocycles. The molecule has 0 saturated carbocycles. The molecule has 0 aliphatic carbocycles. The van der Waals surface area contributed by atoms with Crippen LogP contribution in [0.3, 0.4) is 0 Å². The van der Waals surface area contributed by atoms with Gasteiger partial charge in [0.25, 0.3) is 0 Å². The molecule has 0 aromatic heterocycles. The average Bonchev–Trinajstić information content (AvgIpc) is 2.21. The first-order chi connectivity index (χ1) is 7.54. The molecule has 0 heterocycles. The van der Waals surface area contributed by atoms with Crippen LogP contribution in [-0.4, -0.2) is 30.9 Å². The summed E-state index contributed by atoms with van der Waals surface area (Å²) in [6.45, 7) is 2.30. The van der Waals surface area contributed by atoms with E-state index in [1.54, 1.807) is 13.2 Å². The summed E-state index contributed by atoms with van der Waals surface area (Å²) in [5.41, 5.74) is 0.197. The van der Waals surface area contributed by atoms with Crippen LogP contribution in [-0.2, 0) is 4.74 Å². The van der Waals surface area contributed by atoms with E-state index in [9.17, 15) is 4.79 Å². The van der Waals surface area contributed by atoms with E-state index in [4.69, 9.17) is 14.6 Å². The largest absolute Gasteiger partial charge is 0.487 e. The first kappa shape index (κ1) is 13.0. The molecule has 1 aromatic carbocycles. The second-order valence-electron chi connectivity index (χ2n) is 3.33. The summed E-state index contributed by atoms with van der Waals surface area (Å²) in [5.74, 6) is -0.471. The highest BCUT2D eigenvalue weighted by Gasteiger charge is 2.10. The Balaban J connectivity index is 2.85. The van der Waals surface area contributed by atoms with Gasteiger partial charge >= 0.3 is 5.97 Å². The number of benzene rings is 1. The topological polar surface area (TPSA) is 55.8 Å². The zero-order valence-corrected chi connectivity index (χ0v) is 10.7. The van der Waals surface area contributed by atoms with Crippen LogP contribution in [0.2, 0.25) is 0 Å². The van der Waals surface area contributed by atoms with Crippen molar-refractivity contribution in [2.45, 2.75) is 13.0 Å². The third-order valence-electron chi connectivity index (χ3n) is 1.91. The number of carboxylic acid groups (broad SMARTS) is 1. The minimum atomic E-state index is -0.975. The number of ether oxygens (including phenoxy) is 2. The maximum Gasteiger partial charge on any atom is 0.335 e. The van der Waals surface area contributed by atoms with E-state index >= 15 is 0 Å². The van der Waals surface area contributed by atoms with Crippen LogP contribution in [0.15, 0.2) is 22.7 Å². The van der Waals surface area contributed by atoms with E-state index in [1.165, 1.54) is 12.1 Å². The highest BCUT2D eigenvalue weighted by atomic mass is 79.9. The van der Waals surface area contributed by atoms with Gasteiger partial charge in [-0.3, -0.25) is 0 Å². The van der Waals surface area contributed by atoms with Gasteiger partial charge in [0.2, 0.25) is 0 Å². The molecule has 0 amide bonds. The number of hydrogen-bond donors (Lipinski definition) is 1. The number of hydrogen-bond acceptors (Lipinski definition) is 3. The predicted octanol–water partition coefficient (Wildman–Crippen LogP) is 2.56. The monoisotopic (exact) mass is 288 g/mol. The fraction of sp³-hybridized carbons (Fsp3) is 0.364. The molecule has 5 heteroatoms. The fourth-order valence-corrected chi connectivity index (χ4v) is 1.55. The summed E-state index contributed by atoms with van der Waals surface area (Å²) in [4.78, 5) is 10.8. The number of halogens is 1. The number of carbonyl (C=O) groups is 1. The Labute approximate surface area is 102 Å². The van der Waals surface area contributed by atoms with Crippen LogP contribution < -0.4 is 4.74 Å². The fourth-order valence-electron chi connectivity index (χ4n) is 1.21. The van der Waals surface area contributed by atoms with Gasteiger partial charge in [0.1, 0.15) is 11.9 Å². The summed E-state index contributed by atoms with van der Waals surface area (Å²) in [6.07, 6.45) is -0.134. The third-order valence-corrected chi connectivity index (χ3v) is 2.56. The molecule has 0 fully saturated rings. The molecule has 1 unspecified atom stereocenters. The van der Waals surface area contributed by atoms with E-state index in [0.29, 0.717) is 12.4 Å². The Hall–Kier alpha value is -1.07. The van der Waals surface area contributed by atoms with Crippen molar-refractivity contribution in [1.29, 1.82) is 0 Å². The van der Waals surface area contributed by atoms with Crippen molar-refractivity contribution in [3.05, 3.63) is 28.2 Å². The second-order valence-corrected chi connectivity index (χ2v) is 4.19. The zero-order chi connectivity index (χ0) is 12.1. The van der Waals surface area contributed by atoms with Gasteiger partial charge in [0.15, 0.2) is 0 Å². The summed E-state index contributed by atoms with van der Waals surface area (Å²) >= 11 is 3.30. The lowest BCUT2D eigenvalue weighted by Gasteiger charge is -2.15. The molecule has 1 N–H and O–H groups in total. The summed E-state index contributed by atoms with van der Waals surface area (Å²) in [7, 11) is 1.59. The van der Waals surface area contributed by atoms with E-state index in [2.05, 4.69) is 15.9 Å². The SMILES string of the molecule is COCC(C)Oc1cc(C(=O)O)ccc1Br. The summed E-state index contributed by atoms with van der Waals surface area (Å²) in [5, 5.41) is 8.84. The first-order valence-electron chi connectivity index (χ1n) is 4.73. The number of rotatable bonds is 5. The van der Waals surface area contributed by atoms with Crippen LogP contribution in [0, 0.1) is 0 Å². The summed E-state index contributed by atoms with van der Waals surface area (Å²) in [6, 6.07) is 4.65. The molecule has 16 heavy (non-hydrogen) atoms. The Kier molecular flexibility index (Phi) is 4.76. The van der Waals surface area contributed by atoms with Crippen molar-refractivity contribution in [2.24, 2.45) is 0 Å². The molecule has 0 aliphatic rings. The Bertz CT molecular complexity index is 378. The average molecular weight is 289 g/mol. The van der Waals surface area contributed by atoms with E-state index < -0.39 is 5.97 Å². The van der Waals surface area contributed by atoms with Crippen molar-refractivity contribution in [1.82, 2.24) is 0 Å². The molecule has 4 nitrogen and oxygen atoms in total.